The lowest BCUT2D eigenvalue weighted by atomic mass is 9.99. The van der Waals surface area contributed by atoms with Crippen molar-refractivity contribution in [2.24, 2.45) is 11.8 Å². The third-order valence-electron chi connectivity index (χ3n) is 7.57. The highest BCUT2D eigenvalue weighted by Gasteiger charge is 2.38. The number of nitriles is 1. The van der Waals surface area contributed by atoms with Gasteiger partial charge in [-0.1, -0.05) is 58.7 Å². The van der Waals surface area contributed by atoms with E-state index in [-0.39, 0.29) is 62.8 Å². The number of hydrogen-bond acceptors (Lipinski definition) is 7. The van der Waals surface area contributed by atoms with Crippen LogP contribution < -0.4 is 10.2 Å². The number of nitrogens with zero attached hydrogens (tertiary/aromatic N) is 3. The molecule has 0 saturated heterocycles. The van der Waals surface area contributed by atoms with Gasteiger partial charge >= 0.3 is 12.1 Å². The number of carbonyl (C=O) groups is 3. The minimum Gasteiger partial charge on any atom is -0.463 e. The van der Waals surface area contributed by atoms with Crippen LogP contribution in [0.5, 0.6) is 0 Å². The average Bonchev–Trinajstić information content (AvgIpc) is 3.47. The van der Waals surface area contributed by atoms with E-state index in [1.807, 2.05) is 13.8 Å². The van der Waals surface area contributed by atoms with Gasteiger partial charge in [-0.15, -0.1) is 0 Å². The molecule has 0 aliphatic heterocycles. The molecule has 1 aliphatic carbocycles. The number of likely N-dealkylation sites (N-methyl/N-ethyl adjacent to an activating group) is 1. The highest BCUT2D eigenvalue weighted by Crippen LogP contribution is 2.35. The van der Waals surface area contributed by atoms with Crippen LogP contribution in [0.4, 0.5) is 18.9 Å². The Hall–Kier alpha value is -3.24. The van der Waals surface area contributed by atoms with E-state index in [0.717, 1.165) is 23.0 Å². The maximum Gasteiger partial charge on any atom is 0.417 e. The summed E-state index contributed by atoms with van der Waals surface area (Å²) in [6.45, 7) is 10.5. The molecule has 0 bridgehead atoms. The Morgan fingerprint density at radius 2 is 1.80 bits per heavy atom. The zero-order valence-electron chi connectivity index (χ0n) is 27.9. The zero-order chi connectivity index (χ0) is 34.9. The monoisotopic (exact) mass is 670 g/mol. The number of benzene rings is 1. The minimum absolute atomic E-state index is 0.0240. The molecule has 9 nitrogen and oxygen atoms in total. The first-order valence-corrected chi connectivity index (χ1v) is 16.1. The van der Waals surface area contributed by atoms with E-state index < -0.39 is 28.7 Å². The first-order valence-electron chi connectivity index (χ1n) is 15.7. The van der Waals surface area contributed by atoms with Crippen LogP contribution in [0.3, 0.4) is 0 Å². The van der Waals surface area contributed by atoms with Crippen LogP contribution >= 0.6 is 12.2 Å². The lowest BCUT2D eigenvalue weighted by molar-refractivity contribution is -0.146. The van der Waals surface area contributed by atoms with Crippen LogP contribution in [-0.4, -0.2) is 73.7 Å². The van der Waals surface area contributed by atoms with Crippen molar-refractivity contribution in [3.8, 4) is 6.07 Å². The summed E-state index contributed by atoms with van der Waals surface area (Å²) in [6, 6.07) is 4.58. The van der Waals surface area contributed by atoms with E-state index in [1.54, 1.807) is 18.7 Å². The number of esters is 1. The number of anilines is 1. The number of halogens is 3. The average molecular weight is 671 g/mol. The smallest absolute Gasteiger partial charge is 0.417 e. The summed E-state index contributed by atoms with van der Waals surface area (Å²) < 4.78 is 50.5. The van der Waals surface area contributed by atoms with E-state index in [0.29, 0.717) is 12.8 Å². The topological polar surface area (TPSA) is 112 Å². The molecule has 0 spiro atoms. The molecule has 1 fully saturated rings. The standard InChI is InChI=1S/C27H37F3N4O5S.C6H12/c1-19(2)15-24(36)39-14-13-38-12-10-32-23(35)7-6-11-34(18-40)26(3,4)25(37)33(5)21-9-8-20(17-31)22(16-21)27(28,29)30;1-6-4-2-3-5-6/h8-9,16,18-19H,6-7,10-15H2,1-5H3,(H,32,35);6H,2-5H2,1H3. The second-order valence-electron chi connectivity index (χ2n) is 12.3. The van der Waals surface area contributed by atoms with Crippen LogP contribution in [0.25, 0.3) is 0 Å². The highest BCUT2D eigenvalue weighted by atomic mass is 32.1. The summed E-state index contributed by atoms with van der Waals surface area (Å²) in [6.07, 6.45) is 2.05. The predicted octanol–water partition coefficient (Wildman–Crippen LogP) is 6.28. The van der Waals surface area contributed by atoms with Gasteiger partial charge in [-0.05, 0) is 50.3 Å². The summed E-state index contributed by atoms with van der Waals surface area (Å²) in [5.74, 6) is 0.234. The van der Waals surface area contributed by atoms with E-state index in [1.165, 1.54) is 50.4 Å². The number of rotatable bonds is 16. The Morgan fingerprint density at radius 1 is 1.15 bits per heavy atom. The molecule has 0 radical (unpaired) electrons. The number of alkyl halides is 3. The van der Waals surface area contributed by atoms with Gasteiger partial charge in [-0.2, -0.15) is 18.4 Å². The fraction of sp³-hybridized carbons (Fsp3) is 0.667. The third-order valence-corrected chi connectivity index (χ3v) is 7.82. The molecule has 2 amide bonds. The molecule has 46 heavy (non-hydrogen) atoms. The van der Waals surface area contributed by atoms with Crippen molar-refractivity contribution < 1.29 is 37.0 Å². The van der Waals surface area contributed by atoms with Crippen LogP contribution in [-0.2, 0) is 30.0 Å². The molecule has 0 unspecified atom stereocenters. The Kier molecular flexibility index (Phi) is 17.8. The first-order chi connectivity index (χ1) is 21.5. The van der Waals surface area contributed by atoms with Crippen LogP contribution in [0.2, 0.25) is 0 Å². The van der Waals surface area contributed by atoms with Gasteiger partial charge in [-0.3, -0.25) is 14.4 Å². The number of nitrogens with one attached hydrogen (secondary N) is 1. The molecule has 1 aliphatic rings. The van der Waals surface area contributed by atoms with Gasteiger partial charge < -0.3 is 24.6 Å². The highest BCUT2D eigenvalue weighted by molar-refractivity contribution is 7.78. The minimum atomic E-state index is -4.75. The maximum atomic E-state index is 13.4. The number of hydrogen-bond donors (Lipinski definition) is 1. The van der Waals surface area contributed by atoms with Gasteiger partial charge in [0.25, 0.3) is 5.91 Å². The number of ether oxygens (including phenoxy) is 2. The van der Waals surface area contributed by atoms with Crippen LogP contribution in [0.1, 0.15) is 90.7 Å². The Balaban J connectivity index is 0.00000157. The molecular formula is C33H49F3N4O5S. The van der Waals surface area contributed by atoms with Crippen molar-refractivity contribution in [1.82, 2.24) is 10.2 Å². The van der Waals surface area contributed by atoms with Crippen molar-refractivity contribution in [2.75, 3.05) is 44.9 Å². The summed E-state index contributed by atoms with van der Waals surface area (Å²) in [7, 11) is 1.35. The largest absolute Gasteiger partial charge is 0.463 e. The Bertz CT molecular complexity index is 1180. The molecule has 258 valence electrons. The summed E-state index contributed by atoms with van der Waals surface area (Å²) in [5.41, 5.74) is -1.64. The molecule has 1 saturated carbocycles. The quantitative estimate of drug-likeness (QED) is 0.124. The van der Waals surface area contributed by atoms with E-state index in [2.05, 4.69) is 12.2 Å². The molecule has 13 heteroatoms. The molecule has 0 heterocycles. The van der Waals surface area contributed by atoms with Gasteiger partial charge in [0.05, 0.1) is 35.9 Å². The van der Waals surface area contributed by atoms with Gasteiger partial charge in [0.15, 0.2) is 0 Å². The van der Waals surface area contributed by atoms with E-state index >= 15 is 0 Å². The molecule has 0 atom stereocenters. The molecule has 2 rings (SSSR count). The van der Waals surface area contributed by atoms with Gasteiger partial charge in [0.2, 0.25) is 5.91 Å². The van der Waals surface area contributed by atoms with E-state index in [9.17, 15) is 27.6 Å². The lowest BCUT2D eigenvalue weighted by Crippen LogP contribution is -2.55. The summed E-state index contributed by atoms with van der Waals surface area (Å²) >= 11 is 5.08. The second-order valence-corrected chi connectivity index (χ2v) is 12.5. The van der Waals surface area contributed by atoms with Crippen molar-refractivity contribution in [3.05, 3.63) is 29.3 Å². The van der Waals surface area contributed by atoms with Crippen LogP contribution in [0.15, 0.2) is 18.2 Å². The number of thiocarbonyl (C=S) groups is 1. The Morgan fingerprint density at radius 3 is 2.33 bits per heavy atom. The van der Waals surface area contributed by atoms with Crippen molar-refractivity contribution in [3.63, 3.8) is 0 Å². The van der Waals surface area contributed by atoms with Crippen molar-refractivity contribution >= 4 is 41.2 Å². The molecule has 1 aromatic carbocycles. The third kappa shape index (κ3) is 14.5. The predicted molar refractivity (Wildman–Crippen MR) is 175 cm³/mol. The normalized spacial score (nSPS) is 13.3. The van der Waals surface area contributed by atoms with Crippen molar-refractivity contribution in [2.45, 2.75) is 91.3 Å². The Labute approximate surface area is 276 Å². The number of carbonyl (C=O) groups excluding carboxylic acids is 3. The fourth-order valence-electron chi connectivity index (χ4n) is 4.79. The molecule has 1 N–H and O–H groups in total. The zero-order valence-corrected chi connectivity index (χ0v) is 28.7. The summed E-state index contributed by atoms with van der Waals surface area (Å²) in [5, 5.41) is 11.7. The van der Waals surface area contributed by atoms with Crippen LogP contribution in [0, 0.1) is 23.2 Å². The number of amides is 2. The SMILES string of the molecule is CC(C)CC(=O)OCCOCCNC(=O)CCCN(C=S)C(C)(C)C(=O)N(C)c1ccc(C#N)c(C(F)(F)F)c1.CC1CCCC1. The van der Waals surface area contributed by atoms with Gasteiger partial charge in [0.1, 0.15) is 12.1 Å². The van der Waals surface area contributed by atoms with Gasteiger partial charge in [0, 0.05) is 38.7 Å². The second kappa shape index (κ2) is 20.1. The fourth-order valence-corrected chi connectivity index (χ4v) is 5.16. The molecule has 0 aromatic heterocycles. The van der Waals surface area contributed by atoms with E-state index in [4.69, 9.17) is 27.0 Å². The summed E-state index contributed by atoms with van der Waals surface area (Å²) in [4.78, 5) is 39.5. The lowest BCUT2D eigenvalue weighted by Gasteiger charge is -2.38. The first kappa shape index (κ1) is 40.8. The van der Waals surface area contributed by atoms with Crippen molar-refractivity contribution in [1.29, 1.82) is 5.26 Å². The van der Waals surface area contributed by atoms with Gasteiger partial charge in [-0.25, -0.2) is 0 Å². The maximum absolute atomic E-state index is 13.4. The molecular weight excluding hydrogens is 621 g/mol. The molecule has 1 aromatic rings.